The van der Waals surface area contributed by atoms with Crippen LogP contribution in [0.15, 0.2) is 0 Å². The molecule has 0 aromatic rings. The van der Waals surface area contributed by atoms with E-state index >= 15 is 0 Å². The van der Waals surface area contributed by atoms with Gasteiger partial charge in [-0.15, -0.1) is 0 Å². The van der Waals surface area contributed by atoms with Crippen molar-refractivity contribution in [3.05, 3.63) is 0 Å². The number of rotatable bonds is 3. The lowest BCUT2D eigenvalue weighted by Crippen LogP contribution is -2.41. The van der Waals surface area contributed by atoms with E-state index in [1.165, 1.54) is 44.9 Å². The second kappa shape index (κ2) is 6.02. The highest BCUT2D eigenvalue weighted by Crippen LogP contribution is 2.42. The summed E-state index contributed by atoms with van der Waals surface area (Å²) in [6, 6.07) is 0. The molecule has 1 spiro atoms. The van der Waals surface area contributed by atoms with Crippen molar-refractivity contribution in [2.45, 2.75) is 69.5 Å². The number of carboxylic acid groups (broad SMARTS) is 1. The van der Waals surface area contributed by atoms with Gasteiger partial charge in [0.2, 0.25) is 0 Å². The summed E-state index contributed by atoms with van der Waals surface area (Å²) in [6.07, 6.45) is 11.0. The van der Waals surface area contributed by atoms with Crippen molar-refractivity contribution in [3.8, 4) is 0 Å². The number of nitrogens with zero attached hydrogens (tertiary/aromatic N) is 1. The molecule has 0 bridgehead atoms. The molecule has 4 nitrogen and oxygen atoms in total. The second-order valence-corrected chi connectivity index (χ2v) is 6.94. The van der Waals surface area contributed by atoms with Gasteiger partial charge in [-0.1, -0.05) is 19.3 Å². The molecule has 1 saturated carbocycles. The van der Waals surface area contributed by atoms with Crippen LogP contribution in [0.4, 0.5) is 0 Å². The van der Waals surface area contributed by atoms with Crippen molar-refractivity contribution in [2.24, 2.45) is 5.92 Å². The first-order valence-corrected chi connectivity index (χ1v) is 8.30. The number of piperidine rings is 1. The van der Waals surface area contributed by atoms with Crippen LogP contribution < -0.4 is 0 Å². The van der Waals surface area contributed by atoms with E-state index in [4.69, 9.17) is 9.84 Å². The molecule has 0 aromatic heterocycles. The first kappa shape index (κ1) is 14.3. The zero-order valence-corrected chi connectivity index (χ0v) is 12.4. The average molecular weight is 281 g/mol. The molecule has 2 saturated heterocycles. The van der Waals surface area contributed by atoms with E-state index in [0.717, 1.165) is 32.5 Å². The molecule has 3 rings (SSSR count). The van der Waals surface area contributed by atoms with Crippen molar-refractivity contribution >= 4 is 5.97 Å². The molecule has 114 valence electrons. The Balaban J connectivity index is 1.44. The zero-order chi connectivity index (χ0) is 14.0. The Morgan fingerprint density at radius 1 is 1.10 bits per heavy atom. The van der Waals surface area contributed by atoms with Crippen LogP contribution in [0.25, 0.3) is 0 Å². The van der Waals surface area contributed by atoms with Crippen LogP contribution >= 0.6 is 0 Å². The molecule has 1 atom stereocenters. The van der Waals surface area contributed by atoms with Gasteiger partial charge in [-0.2, -0.15) is 0 Å². The first-order valence-electron chi connectivity index (χ1n) is 8.30. The standard InChI is InChI=1S/C16H27NO3/c18-15(19)13-5-10-17(11-6-13)12-14-4-9-16(20-14)7-2-1-3-8-16/h13-14H,1-12H2,(H,18,19). The van der Waals surface area contributed by atoms with Gasteiger partial charge in [0.05, 0.1) is 17.6 Å². The maximum Gasteiger partial charge on any atom is 0.306 e. The molecule has 0 radical (unpaired) electrons. The van der Waals surface area contributed by atoms with Gasteiger partial charge in [-0.05, 0) is 51.6 Å². The molecule has 0 amide bonds. The number of aliphatic carboxylic acids is 1. The largest absolute Gasteiger partial charge is 0.481 e. The van der Waals surface area contributed by atoms with E-state index in [0.29, 0.717) is 6.10 Å². The minimum Gasteiger partial charge on any atom is -0.481 e. The Kier molecular flexibility index (Phi) is 4.32. The van der Waals surface area contributed by atoms with Gasteiger partial charge in [-0.25, -0.2) is 0 Å². The van der Waals surface area contributed by atoms with E-state index in [9.17, 15) is 4.79 Å². The maximum absolute atomic E-state index is 11.0. The number of ether oxygens (including phenoxy) is 1. The molecule has 20 heavy (non-hydrogen) atoms. The smallest absolute Gasteiger partial charge is 0.306 e. The molecule has 1 N–H and O–H groups in total. The fraction of sp³-hybridized carbons (Fsp3) is 0.938. The summed E-state index contributed by atoms with van der Waals surface area (Å²) in [5, 5.41) is 9.03. The molecule has 4 heteroatoms. The van der Waals surface area contributed by atoms with Gasteiger partial charge in [-0.3, -0.25) is 4.79 Å². The average Bonchev–Trinajstić information content (AvgIpc) is 2.83. The Bertz CT molecular complexity index is 344. The van der Waals surface area contributed by atoms with Crippen LogP contribution in [0.5, 0.6) is 0 Å². The van der Waals surface area contributed by atoms with Crippen LogP contribution in [0, 0.1) is 5.92 Å². The highest BCUT2D eigenvalue weighted by Gasteiger charge is 2.41. The van der Waals surface area contributed by atoms with Gasteiger partial charge < -0.3 is 14.7 Å². The predicted molar refractivity (Wildman–Crippen MR) is 76.7 cm³/mol. The third-order valence-electron chi connectivity index (χ3n) is 5.50. The minimum atomic E-state index is -0.622. The molecule has 3 aliphatic rings. The lowest BCUT2D eigenvalue weighted by atomic mass is 9.83. The predicted octanol–water partition coefficient (Wildman–Crippen LogP) is 2.66. The minimum absolute atomic E-state index is 0.125. The van der Waals surface area contributed by atoms with Crippen LogP contribution in [-0.2, 0) is 9.53 Å². The number of hydrogen-bond acceptors (Lipinski definition) is 3. The van der Waals surface area contributed by atoms with Crippen molar-refractivity contribution in [2.75, 3.05) is 19.6 Å². The number of hydrogen-bond donors (Lipinski definition) is 1. The molecule has 2 aliphatic heterocycles. The highest BCUT2D eigenvalue weighted by atomic mass is 16.5. The molecular formula is C16H27NO3. The van der Waals surface area contributed by atoms with Gasteiger partial charge >= 0.3 is 5.97 Å². The normalized spacial score (nSPS) is 31.7. The summed E-state index contributed by atoms with van der Waals surface area (Å²) < 4.78 is 6.41. The summed E-state index contributed by atoms with van der Waals surface area (Å²) in [5.74, 6) is -0.747. The summed E-state index contributed by atoms with van der Waals surface area (Å²) in [4.78, 5) is 13.4. The summed E-state index contributed by atoms with van der Waals surface area (Å²) in [6.45, 7) is 2.85. The van der Waals surface area contributed by atoms with Crippen LogP contribution in [0.3, 0.4) is 0 Å². The topological polar surface area (TPSA) is 49.8 Å². The van der Waals surface area contributed by atoms with Crippen molar-refractivity contribution in [3.63, 3.8) is 0 Å². The van der Waals surface area contributed by atoms with Gasteiger partial charge in [0, 0.05) is 6.54 Å². The van der Waals surface area contributed by atoms with E-state index < -0.39 is 5.97 Å². The van der Waals surface area contributed by atoms with E-state index in [-0.39, 0.29) is 11.5 Å². The van der Waals surface area contributed by atoms with Crippen molar-refractivity contribution in [1.29, 1.82) is 0 Å². The van der Waals surface area contributed by atoms with E-state index in [2.05, 4.69) is 4.90 Å². The van der Waals surface area contributed by atoms with E-state index in [1.54, 1.807) is 0 Å². The van der Waals surface area contributed by atoms with Gasteiger partial charge in [0.25, 0.3) is 0 Å². The van der Waals surface area contributed by atoms with Crippen molar-refractivity contribution in [1.82, 2.24) is 4.90 Å². The number of carbonyl (C=O) groups is 1. The fourth-order valence-corrected chi connectivity index (χ4v) is 4.24. The molecule has 1 aliphatic carbocycles. The van der Waals surface area contributed by atoms with Gasteiger partial charge in [0.15, 0.2) is 0 Å². The number of carboxylic acids is 1. The van der Waals surface area contributed by atoms with Gasteiger partial charge in [0.1, 0.15) is 0 Å². The van der Waals surface area contributed by atoms with Crippen molar-refractivity contribution < 1.29 is 14.6 Å². The summed E-state index contributed by atoms with van der Waals surface area (Å²) in [5.41, 5.74) is 0.211. The maximum atomic E-state index is 11.0. The zero-order valence-electron chi connectivity index (χ0n) is 12.4. The third-order valence-corrected chi connectivity index (χ3v) is 5.50. The first-order chi connectivity index (χ1) is 9.67. The highest BCUT2D eigenvalue weighted by molar-refractivity contribution is 5.70. The van der Waals surface area contributed by atoms with Crippen LogP contribution in [-0.4, -0.2) is 47.3 Å². The molecule has 3 fully saturated rings. The molecule has 0 aromatic carbocycles. The van der Waals surface area contributed by atoms with Crippen LogP contribution in [0.2, 0.25) is 0 Å². The lowest BCUT2D eigenvalue weighted by molar-refractivity contribution is -0.143. The Labute approximate surface area is 121 Å². The quantitative estimate of drug-likeness (QED) is 0.864. The number of likely N-dealkylation sites (tertiary alicyclic amines) is 1. The SMILES string of the molecule is O=C(O)C1CCN(CC2CCC3(CCCCC3)O2)CC1. The Hall–Kier alpha value is -0.610. The molecular weight excluding hydrogens is 254 g/mol. The second-order valence-electron chi connectivity index (χ2n) is 6.94. The lowest BCUT2D eigenvalue weighted by Gasteiger charge is -2.35. The molecule has 1 unspecified atom stereocenters. The van der Waals surface area contributed by atoms with E-state index in [1.807, 2.05) is 0 Å². The summed E-state index contributed by atoms with van der Waals surface area (Å²) >= 11 is 0. The summed E-state index contributed by atoms with van der Waals surface area (Å²) in [7, 11) is 0. The Morgan fingerprint density at radius 3 is 2.45 bits per heavy atom. The fourth-order valence-electron chi connectivity index (χ4n) is 4.24. The monoisotopic (exact) mass is 281 g/mol. The Morgan fingerprint density at radius 2 is 1.80 bits per heavy atom. The van der Waals surface area contributed by atoms with Crippen LogP contribution in [0.1, 0.15) is 57.8 Å². The molecule has 2 heterocycles. The third kappa shape index (κ3) is 3.17.